The van der Waals surface area contributed by atoms with Gasteiger partial charge in [-0.25, -0.2) is 0 Å². The van der Waals surface area contributed by atoms with E-state index in [9.17, 15) is 15.2 Å². The topological polar surface area (TPSA) is 63.4 Å². The lowest BCUT2D eigenvalue weighted by Gasteiger charge is -2.03. The van der Waals surface area contributed by atoms with E-state index < -0.39 is 4.92 Å². The fourth-order valence-corrected chi connectivity index (χ4v) is 1.23. The third-order valence-electron chi connectivity index (χ3n) is 1.90. The van der Waals surface area contributed by atoms with Crippen molar-refractivity contribution in [2.75, 3.05) is 0 Å². The summed E-state index contributed by atoms with van der Waals surface area (Å²) in [4.78, 5) is 9.56. The van der Waals surface area contributed by atoms with E-state index in [1.807, 2.05) is 0 Å². The highest BCUT2D eigenvalue weighted by atomic mass is 16.6. The Morgan fingerprint density at radius 3 is 2.29 bits per heavy atom. The first-order valence-electron chi connectivity index (χ1n) is 4.12. The molecule has 0 aromatic heterocycles. The molecule has 74 valence electrons. The van der Waals surface area contributed by atoms with Gasteiger partial charge < -0.3 is 5.11 Å². The zero-order chi connectivity index (χ0) is 10.7. The molecule has 0 atom stereocenters. The van der Waals surface area contributed by atoms with Crippen LogP contribution in [0.5, 0.6) is 5.75 Å². The lowest BCUT2D eigenvalue weighted by atomic mass is 10.1. The second kappa shape index (κ2) is 3.91. The van der Waals surface area contributed by atoms with Gasteiger partial charge in [-0.3, -0.25) is 10.1 Å². The van der Waals surface area contributed by atoms with E-state index in [0.717, 1.165) is 11.8 Å². The van der Waals surface area contributed by atoms with Gasteiger partial charge in [0.05, 0.1) is 4.92 Å². The minimum absolute atomic E-state index is 0.239. The molecule has 0 fully saturated rings. The van der Waals surface area contributed by atoms with Crippen LogP contribution < -0.4 is 0 Å². The number of benzene rings is 1. The van der Waals surface area contributed by atoms with Gasteiger partial charge in [0.25, 0.3) is 0 Å². The van der Waals surface area contributed by atoms with Gasteiger partial charge in [-0.15, -0.1) is 0 Å². The maximum absolute atomic E-state index is 10.1. The lowest BCUT2D eigenvalue weighted by molar-refractivity contribution is -0.400. The highest BCUT2D eigenvalue weighted by Crippen LogP contribution is 2.23. The van der Waals surface area contributed by atoms with Crippen LogP contribution >= 0.6 is 0 Å². The molecule has 0 amide bonds. The van der Waals surface area contributed by atoms with E-state index >= 15 is 0 Å². The maximum atomic E-state index is 10.1. The summed E-state index contributed by atoms with van der Waals surface area (Å²) in [6.07, 6.45) is 2.28. The highest BCUT2D eigenvalue weighted by Gasteiger charge is 2.01. The summed E-state index contributed by atoms with van der Waals surface area (Å²) in [5, 5.41) is 19.5. The summed E-state index contributed by atoms with van der Waals surface area (Å²) >= 11 is 0. The van der Waals surface area contributed by atoms with Crippen molar-refractivity contribution in [3.05, 3.63) is 45.1 Å². The number of phenolic OH excluding ortho intramolecular Hbond substituents is 1. The summed E-state index contributed by atoms with van der Waals surface area (Å²) in [6, 6.07) is 3.39. The number of nitrogens with zero attached hydrogens (tertiary/aromatic N) is 1. The van der Waals surface area contributed by atoms with Crippen molar-refractivity contribution in [1.29, 1.82) is 0 Å². The fourth-order valence-electron chi connectivity index (χ4n) is 1.23. The molecule has 0 heterocycles. The first-order chi connectivity index (χ1) is 6.50. The van der Waals surface area contributed by atoms with Gasteiger partial charge in [0.2, 0.25) is 6.20 Å². The van der Waals surface area contributed by atoms with Gasteiger partial charge in [-0.1, -0.05) is 0 Å². The van der Waals surface area contributed by atoms with E-state index in [1.54, 1.807) is 26.0 Å². The molecule has 1 N–H and O–H groups in total. The van der Waals surface area contributed by atoms with E-state index in [2.05, 4.69) is 0 Å². The fraction of sp³-hybridized carbons (Fsp3) is 0.200. The molecule has 4 nitrogen and oxygen atoms in total. The number of hydrogen-bond donors (Lipinski definition) is 1. The zero-order valence-electron chi connectivity index (χ0n) is 8.02. The second-order valence-corrected chi connectivity index (χ2v) is 3.10. The Labute approximate surface area is 81.6 Å². The molecule has 1 rings (SSSR count). The SMILES string of the molecule is Cc1cc(/C=C/[N+](=O)[O-])cc(C)c1O. The van der Waals surface area contributed by atoms with Crippen LogP contribution in [0, 0.1) is 24.0 Å². The third-order valence-corrected chi connectivity index (χ3v) is 1.90. The Balaban J connectivity index is 3.07. The largest absolute Gasteiger partial charge is 0.507 e. The van der Waals surface area contributed by atoms with Crippen LogP contribution in [0.15, 0.2) is 18.3 Å². The smallest absolute Gasteiger partial charge is 0.235 e. The Morgan fingerprint density at radius 2 is 1.86 bits per heavy atom. The van der Waals surface area contributed by atoms with Crippen molar-refractivity contribution >= 4 is 6.08 Å². The Hall–Kier alpha value is -1.84. The van der Waals surface area contributed by atoms with Crippen LogP contribution in [0.25, 0.3) is 6.08 Å². The predicted molar refractivity (Wildman–Crippen MR) is 53.6 cm³/mol. The molecule has 0 aliphatic rings. The molecule has 1 aromatic carbocycles. The standard InChI is InChI=1S/C10H11NO3/c1-7-5-9(3-4-11(13)14)6-8(2)10(7)12/h3-6,12H,1-2H3/b4-3+. The van der Waals surface area contributed by atoms with Gasteiger partial charge in [0.1, 0.15) is 5.75 Å². The molecule has 0 radical (unpaired) electrons. The van der Waals surface area contributed by atoms with E-state index in [0.29, 0.717) is 11.1 Å². The van der Waals surface area contributed by atoms with Crippen LogP contribution in [-0.2, 0) is 0 Å². The highest BCUT2D eigenvalue weighted by molar-refractivity contribution is 5.54. The molecular weight excluding hydrogens is 182 g/mol. The van der Waals surface area contributed by atoms with Crippen LogP contribution in [0.2, 0.25) is 0 Å². The molecule has 14 heavy (non-hydrogen) atoms. The number of nitro groups is 1. The Morgan fingerprint density at radius 1 is 1.36 bits per heavy atom. The molecule has 0 aliphatic heterocycles. The molecule has 1 aromatic rings. The van der Waals surface area contributed by atoms with Crippen molar-refractivity contribution in [3.8, 4) is 5.75 Å². The first kappa shape index (κ1) is 10.2. The molecule has 0 saturated carbocycles. The Kier molecular flexibility index (Phi) is 2.86. The summed E-state index contributed by atoms with van der Waals surface area (Å²) in [6.45, 7) is 3.51. The summed E-state index contributed by atoms with van der Waals surface area (Å²) in [5.74, 6) is 0.239. The minimum atomic E-state index is -0.516. The number of phenols is 1. The molecule has 0 aliphatic carbocycles. The van der Waals surface area contributed by atoms with Gasteiger partial charge >= 0.3 is 0 Å². The zero-order valence-corrected chi connectivity index (χ0v) is 8.02. The summed E-state index contributed by atoms with van der Waals surface area (Å²) < 4.78 is 0. The van der Waals surface area contributed by atoms with Crippen molar-refractivity contribution < 1.29 is 10.0 Å². The van der Waals surface area contributed by atoms with Crippen molar-refractivity contribution in [1.82, 2.24) is 0 Å². The number of rotatable bonds is 2. The number of aromatic hydroxyl groups is 1. The van der Waals surface area contributed by atoms with E-state index in [4.69, 9.17) is 0 Å². The van der Waals surface area contributed by atoms with Crippen molar-refractivity contribution in [2.24, 2.45) is 0 Å². The van der Waals surface area contributed by atoms with E-state index in [1.165, 1.54) is 6.08 Å². The molecule has 4 heteroatoms. The van der Waals surface area contributed by atoms with Gasteiger partial charge in [-0.05, 0) is 42.7 Å². The molecule has 0 unspecified atom stereocenters. The number of aryl methyl sites for hydroxylation is 2. The van der Waals surface area contributed by atoms with Crippen LogP contribution in [-0.4, -0.2) is 10.0 Å². The normalized spacial score (nSPS) is 10.7. The molecule has 0 bridgehead atoms. The van der Waals surface area contributed by atoms with Crippen LogP contribution in [0.4, 0.5) is 0 Å². The van der Waals surface area contributed by atoms with Gasteiger partial charge in [0, 0.05) is 6.08 Å². The summed E-state index contributed by atoms with van der Waals surface area (Å²) in [7, 11) is 0. The average Bonchev–Trinajstić information content (AvgIpc) is 2.10. The Bertz CT molecular complexity index is 373. The average molecular weight is 193 g/mol. The van der Waals surface area contributed by atoms with Crippen LogP contribution in [0.3, 0.4) is 0 Å². The maximum Gasteiger partial charge on any atom is 0.235 e. The monoisotopic (exact) mass is 193 g/mol. The summed E-state index contributed by atoms with van der Waals surface area (Å²) in [5.41, 5.74) is 2.15. The molecule has 0 spiro atoms. The quantitative estimate of drug-likeness (QED) is 0.578. The van der Waals surface area contributed by atoms with Gasteiger partial charge in [0.15, 0.2) is 0 Å². The third kappa shape index (κ3) is 2.32. The predicted octanol–water partition coefficient (Wildman–Crippen LogP) is 2.26. The van der Waals surface area contributed by atoms with Crippen LogP contribution in [0.1, 0.15) is 16.7 Å². The molecule has 0 saturated heterocycles. The van der Waals surface area contributed by atoms with Crippen molar-refractivity contribution in [2.45, 2.75) is 13.8 Å². The van der Waals surface area contributed by atoms with Gasteiger partial charge in [-0.2, -0.15) is 0 Å². The first-order valence-corrected chi connectivity index (χ1v) is 4.12. The lowest BCUT2D eigenvalue weighted by Crippen LogP contribution is -1.85. The molecular formula is C10H11NO3. The minimum Gasteiger partial charge on any atom is -0.507 e. The van der Waals surface area contributed by atoms with E-state index in [-0.39, 0.29) is 5.75 Å². The van der Waals surface area contributed by atoms with Crippen molar-refractivity contribution in [3.63, 3.8) is 0 Å². The second-order valence-electron chi connectivity index (χ2n) is 3.10. The number of hydrogen-bond acceptors (Lipinski definition) is 3.